The summed E-state index contributed by atoms with van der Waals surface area (Å²) in [5, 5.41) is 1.00. The van der Waals surface area contributed by atoms with Crippen LogP contribution in [0.5, 0.6) is 5.88 Å². The standard InChI is InChI=1S/C15H14F5N3O/c1-23(21)12-6-2-5-11(15(18,19)20)10(12)8-24-14-9(13(16)17)4-3-7-22-14/h2-7,13H,8,21H2,1H3. The first-order chi connectivity index (χ1) is 11.2. The van der Waals surface area contributed by atoms with Gasteiger partial charge in [0, 0.05) is 18.8 Å². The van der Waals surface area contributed by atoms with Crippen molar-refractivity contribution >= 4 is 5.69 Å². The number of hydrogen-bond donors (Lipinski definition) is 1. The molecule has 0 amide bonds. The minimum atomic E-state index is -4.64. The van der Waals surface area contributed by atoms with E-state index in [1.54, 1.807) is 0 Å². The third-order valence-electron chi connectivity index (χ3n) is 3.23. The van der Waals surface area contributed by atoms with Crippen LogP contribution < -0.4 is 15.6 Å². The summed E-state index contributed by atoms with van der Waals surface area (Å²) in [4.78, 5) is 3.65. The Labute approximate surface area is 134 Å². The molecule has 2 aromatic rings. The van der Waals surface area contributed by atoms with Gasteiger partial charge in [-0.15, -0.1) is 0 Å². The highest BCUT2D eigenvalue weighted by Crippen LogP contribution is 2.36. The van der Waals surface area contributed by atoms with Gasteiger partial charge in [-0.05, 0) is 24.3 Å². The van der Waals surface area contributed by atoms with Gasteiger partial charge in [0.25, 0.3) is 6.43 Å². The summed E-state index contributed by atoms with van der Waals surface area (Å²) in [6, 6.07) is 5.84. The molecule has 0 aliphatic rings. The van der Waals surface area contributed by atoms with Gasteiger partial charge < -0.3 is 9.75 Å². The molecule has 1 heterocycles. The zero-order valence-electron chi connectivity index (χ0n) is 12.5. The number of pyridine rings is 1. The normalized spacial score (nSPS) is 11.7. The van der Waals surface area contributed by atoms with Gasteiger partial charge in [-0.2, -0.15) is 13.2 Å². The molecule has 4 nitrogen and oxygen atoms in total. The van der Waals surface area contributed by atoms with Crippen molar-refractivity contribution < 1.29 is 26.7 Å². The van der Waals surface area contributed by atoms with Crippen molar-refractivity contribution in [2.24, 2.45) is 5.84 Å². The number of ether oxygens (including phenoxy) is 1. The first-order valence-corrected chi connectivity index (χ1v) is 6.75. The average Bonchev–Trinajstić information content (AvgIpc) is 2.51. The predicted molar refractivity (Wildman–Crippen MR) is 77.6 cm³/mol. The first kappa shape index (κ1) is 17.9. The van der Waals surface area contributed by atoms with E-state index in [0.717, 1.165) is 17.1 Å². The number of alkyl halides is 5. The molecule has 0 aliphatic carbocycles. The quantitative estimate of drug-likeness (QED) is 0.506. The molecular formula is C15H14F5N3O. The van der Waals surface area contributed by atoms with Gasteiger partial charge >= 0.3 is 6.18 Å². The highest BCUT2D eigenvalue weighted by Gasteiger charge is 2.35. The fraction of sp³-hybridized carbons (Fsp3) is 0.267. The van der Waals surface area contributed by atoms with Crippen LogP contribution in [0, 0.1) is 0 Å². The minimum absolute atomic E-state index is 0.0688. The fourth-order valence-electron chi connectivity index (χ4n) is 2.15. The SMILES string of the molecule is CN(N)c1cccc(C(F)(F)F)c1COc1ncccc1C(F)F. The summed E-state index contributed by atoms with van der Waals surface area (Å²) in [5.41, 5.74) is -1.64. The van der Waals surface area contributed by atoms with Crippen LogP contribution in [-0.4, -0.2) is 12.0 Å². The number of benzene rings is 1. The summed E-state index contributed by atoms with van der Waals surface area (Å²) in [6.07, 6.45) is -6.28. The van der Waals surface area contributed by atoms with Crippen molar-refractivity contribution in [1.29, 1.82) is 0 Å². The van der Waals surface area contributed by atoms with Crippen molar-refractivity contribution in [3.63, 3.8) is 0 Å². The molecule has 0 unspecified atom stereocenters. The average molecular weight is 347 g/mol. The predicted octanol–water partition coefficient (Wildman–Crippen LogP) is 3.93. The van der Waals surface area contributed by atoms with E-state index in [1.165, 1.54) is 31.4 Å². The molecule has 0 radical (unpaired) electrons. The summed E-state index contributed by atoms with van der Waals surface area (Å²) in [7, 11) is 1.37. The maximum absolute atomic E-state index is 13.2. The van der Waals surface area contributed by atoms with Crippen molar-refractivity contribution in [3.05, 3.63) is 53.2 Å². The zero-order chi connectivity index (χ0) is 17.9. The third kappa shape index (κ3) is 3.91. The van der Waals surface area contributed by atoms with Gasteiger partial charge in [-0.1, -0.05) is 6.07 Å². The number of nitrogens with two attached hydrogens (primary N) is 1. The molecule has 2 N–H and O–H groups in total. The van der Waals surface area contributed by atoms with Gasteiger partial charge in [0.2, 0.25) is 5.88 Å². The van der Waals surface area contributed by atoms with E-state index in [0.29, 0.717) is 0 Å². The molecule has 1 aromatic carbocycles. The summed E-state index contributed by atoms with van der Waals surface area (Å²) in [5.74, 6) is 5.13. The Kier molecular flexibility index (Phi) is 5.23. The molecule has 0 saturated heterocycles. The van der Waals surface area contributed by atoms with Crippen LogP contribution in [0.1, 0.15) is 23.1 Å². The molecule has 24 heavy (non-hydrogen) atoms. The number of rotatable bonds is 5. The molecule has 0 aliphatic heterocycles. The largest absolute Gasteiger partial charge is 0.472 e. The second-order valence-electron chi connectivity index (χ2n) is 4.90. The van der Waals surface area contributed by atoms with Crippen molar-refractivity contribution in [2.45, 2.75) is 19.2 Å². The Bertz CT molecular complexity index is 704. The Morgan fingerprint density at radius 2 is 1.92 bits per heavy atom. The van der Waals surface area contributed by atoms with E-state index in [2.05, 4.69) is 4.98 Å². The maximum atomic E-state index is 13.2. The van der Waals surface area contributed by atoms with Crippen LogP contribution in [0.25, 0.3) is 0 Å². The molecular weight excluding hydrogens is 333 g/mol. The topological polar surface area (TPSA) is 51.4 Å². The van der Waals surface area contributed by atoms with Crippen molar-refractivity contribution in [1.82, 2.24) is 4.98 Å². The van der Waals surface area contributed by atoms with Crippen molar-refractivity contribution in [3.8, 4) is 5.88 Å². The Balaban J connectivity index is 2.39. The third-order valence-corrected chi connectivity index (χ3v) is 3.23. The van der Waals surface area contributed by atoms with E-state index in [-0.39, 0.29) is 11.3 Å². The van der Waals surface area contributed by atoms with E-state index >= 15 is 0 Å². The number of hydrogen-bond acceptors (Lipinski definition) is 4. The molecule has 0 saturated carbocycles. The number of nitrogens with zero attached hydrogens (tertiary/aromatic N) is 2. The van der Waals surface area contributed by atoms with E-state index < -0.39 is 36.2 Å². The number of hydrazine groups is 1. The highest BCUT2D eigenvalue weighted by atomic mass is 19.4. The second-order valence-corrected chi connectivity index (χ2v) is 4.90. The summed E-state index contributed by atoms with van der Waals surface area (Å²) < 4.78 is 70.5. The summed E-state index contributed by atoms with van der Waals surface area (Å²) in [6.45, 7) is -0.608. The Morgan fingerprint density at radius 3 is 2.50 bits per heavy atom. The molecule has 0 bridgehead atoms. The Hall–Kier alpha value is -2.42. The van der Waals surface area contributed by atoms with E-state index in [4.69, 9.17) is 10.6 Å². The van der Waals surface area contributed by atoms with E-state index in [1.807, 2.05) is 0 Å². The van der Waals surface area contributed by atoms with E-state index in [9.17, 15) is 22.0 Å². The molecule has 0 fully saturated rings. The molecule has 9 heteroatoms. The summed E-state index contributed by atoms with van der Waals surface area (Å²) >= 11 is 0. The molecule has 2 rings (SSSR count). The monoisotopic (exact) mass is 347 g/mol. The lowest BCUT2D eigenvalue weighted by Crippen LogP contribution is -2.28. The molecule has 0 atom stereocenters. The lowest BCUT2D eigenvalue weighted by molar-refractivity contribution is -0.138. The van der Waals surface area contributed by atoms with Crippen LogP contribution in [0.3, 0.4) is 0 Å². The lowest BCUT2D eigenvalue weighted by atomic mass is 10.1. The van der Waals surface area contributed by atoms with Crippen LogP contribution in [0.2, 0.25) is 0 Å². The lowest BCUT2D eigenvalue weighted by Gasteiger charge is -2.21. The van der Waals surface area contributed by atoms with Crippen LogP contribution >= 0.6 is 0 Å². The molecule has 1 aromatic heterocycles. The van der Waals surface area contributed by atoms with Gasteiger partial charge in [-0.25, -0.2) is 19.6 Å². The van der Waals surface area contributed by atoms with Crippen LogP contribution in [0.4, 0.5) is 27.6 Å². The zero-order valence-corrected chi connectivity index (χ0v) is 12.5. The molecule has 0 spiro atoms. The highest BCUT2D eigenvalue weighted by molar-refractivity contribution is 5.56. The van der Waals surface area contributed by atoms with Gasteiger partial charge in [0.1, 0.15) is 6.61 Å². The number of halogens is 5. The van der Waals surface area contributed by atoms with Crippen molar-refractivity contribution in [2.75, 3.05) is 12.1 Å². The Morgan fingerprint density at radius 1 is 1.21 bits per heavy atom. The smallest absolute Gasteiger partial charge is 0.416 e. The minimum Gasteiger partial charge on any atom is -0.472 e. The van der Waals surface area contributed by atoms with Gasteiger partial charge in [0.05, 0.1) is 16.8 Å². The second kappa shape index (κ2) is 7.00. The first-order valence-electron chi connectivity index (χ1n) is 6.75. The maximum Gasteiger partial charge on any atom is 0.416 e. The number of aromatic nitrogens is 1. The fourth-order valence-corrected chi connectivity index (χ4v) is 2.15. The van der Waals surface area contributed by atoms with Gasteiger partial charge in [0.15, 0.2) is 0 Å². The van der Waals surface area contributed by atoms with Gasteiger partial charge in [-0.3, -0.25) is 0 Å². The molecule has 130 valence electrons. The number of anilines is 1. The van der Waals surface area contributed by atoms with Crippen LogP contribution in [0.15, 0.2) is 36.5 Å². The van der Waals surface area contributed by atoms with Crippen LogP contribution in [-0.2, 0) is 12.8 Å².